The van der Waals surface area contributed by atoms with Crippen LogP contribution in [0, 0.1) is 47.4 Å². The van der Waals surface area contributed by atoms with Crippen molar-refractivity contribution in [3.63, 3.8) is 0 Å². The molecule has 0 saturated heterocycles. The average molecular weight is 1030 g/mol. The molecule has 4 bridgehead atoms. The third-order valence-electron chi connectivity index (χ3n) is 10.9. The fourth-order valence-corrected chi connectivity index (χ4v) is 6.89. The van der Waals surface area contributed by atoms with E-state index in [2.05, 4.69) is 47.4 Å². The zero-order chi connectivity index (χ0) is 52.8. The maximum Gasteiger partial charge on any atom is 0.178 e. The highest BCUT2D eigenvalue weighted by Gasteiger charge is 2.12. The fourth-order valence-electron chi connectivity index (χ4n) is 6.89. The lowest BCUT2D eigenvalue weighted by molar-refractivity contribution is -0.0430. The van der Waals surface area contributed by atoms with E-state index in [1.54, 1.807) is 48.5 Å². The molecule has 14 heteroatoms. The van der Waals surface area contributed by atoms with Crippen LogP contribution in [-0.2, 0) is 28.4 Å². The Morgan fingerprint density at radius 1 is 0.263 bits per heavy atom. The van der Waals surface area contributed by atoms with Crippen LogP contribution >= 0.6 is 0 Å². The third-order valence-corrected chi connectivity index (χ3v) is 10.9. The second-order valence-corrected chi connectivity index (χ2v) is 16.5. The Labute approximate surface area is 444 Å². The maximum atomic E-state index is 9.41. The van der Waals surface area contributed by atoms with Gasteiger partial charge >= 0.3 is 0 Å². The first-order valence-electron chi connectivity index (χ1n) is 24.8. The summed E-state index contributed by atoms with van der Waals surface area (Å²) in [5.74, 6) is 28.0. The number of aliphatic hydroxyl groups is 4. The summed E-state index contributed by atoms with van der Waals surface area (Å²) in [6.45, 7) is 5.75. The van der Waals surface area contributed by atoms with E-state index in [9.17, 15) is 20.4 Å². The zero-order valence-electron chi connectivity index (χ0n) is 42.0. The van der Waals surface area contributed by atoms with Crippen molar-refractivity contribution in [2.75, 3.05) is 106 Å². The predicted molar refractivity (Wildman–Crippen MR) is 284 cm³/mol. The first-order valence-corrected chi connectivity index (χ1v) is 24.8. The highest BCUT2D eigenvalue weighted by Crippen LogP contribution is 2.29. The lowest BCUT2D eigenvalue weighted by Crippen LogP contribution is -2.15. The molecule has 392 valence electrons. The molecule has 0 radical (unpaired) electrons. The Kier molecular flexibility index (Phi) is 23.6. The summed E-state index contributed by atoms with van der Waals surface area (Å²) >= 11 is 0. The van der Waals surface area contributed by atoms with Gasteiger partial charge in [0.15, 0.2) is 12.6 Å². The molecule has 0 saturated carbocycles. The van der Waals surface area contributed by atoms with Crippen molar-refractivity contribution < 1.29 is 67.8 Å². The van der Waals surface area contributed by atoms with E-state index in [0.717, 1.165) is 44.9 Å². The molecular formula is C62H60O14. The van der Waals surface area contributed by atoms with E-state index >= 15 is 0 Å². The Morgan fingerprint density at radius 2 is 0.487 bits per heavy atom. The summed E-state index contributed by atoms with van der Waals surface area (Å²) in [6, 6.07) is 39.6. The minimum atomic E-state index is -1.54. The van der Waals surface area contributed by atoms with E-state index in [1.165, 1.54) is 0 Å². The Hall–Kier alpha value is -7.64. The van der Waals surface area contributed by atoms with Gasteiger partial charge in [0.2, 0.25) is 0 Å². The molecular weight excluding hydrogens is 969 g/mol. The van der Waals surface area contributed by atoms with Crippen molar-refractivity contribution in [1.29, 1.82) is 0 Å². The molecule has 0 amide bonds. The summed E-state index contributed by atoms with van der Waals surface area (Å²) in [7, 11) is 0. The predicted octanol–water partition coefficient (Wildman–Crippen LogP) is 6.58. The molecule has 0 atom stereocenters. The minimum Gasteiger partial charge on any atom is -0.491 e. The zero-order valence-corrected chi connectivity index (χ0v) is 42.0. The van der Waals surface area contributed by atoms with Gasteiger partial charge in [-0.05, 0) is 97.1 Å². The van der Waals surface area contributed by atoms with Gasteiger partial charge in [0, 0.05) is 56.6 Å². The summed E-state index contributed by atoms with van der Waals surface area (Å²) in [5.41, 5.74) is 6.45. The maximum absolute atomic E-state index is 9.41. The van der Waals surface area contributed by atoms with Gasteiger partial charge in [-0.15, -0.1) is 0 Å². The average Bonchev–Trinajstić information content (AvgIpc) is 3.44. The van der Waals surface area contributed by atoms with Crippen LogP contribution in [0.25, 0.3) is 0 Å². The standard InChI is InChI=1S/C62H60O14/c63-61(64)53-19-13-51(14-20-53)11-5-47-1-7-49(8-2-47)17-23-55-45-60-56(24-18-50-9-3-48(4-10-50)6-12-52-15-21-54(22-16-52)62(65)66)46-59(55)75-43-39-71-35-31-67-29-33-69-37-41-73-57-25-27-58(28-26-57)74-42-38-70-34-30-68-32-36-72-40-44-76-60/h1-4,7-10,13-16,19-22,25-28,45-46,61-66H,29-44H2. The van der Waals surface area contributed by atoms with Gasteiger partial charge in [-0.1, -0.05) is 71.6 Å². The minimum absolute atomic E-state index is 0.218. The van der Waals surface area contributed by atoms with Crippen LogP contribution in [0.3, 0.4) is 0 Å². The van der Waals surface area contributed by atoms with Gasteiger partial charge in [-0.2, -0.15) is 0 Å². The molecule has 76 heavy (non-hydrogen) atoms. The van der Waals surface area contributed by atoms with E-state index < -0.39 is 12.6 Å². The van der Waals surface area contributed by atoms with Crippen LogP contribution in [0.1, 0.15) is 68.2 Å². The van der Waals surface area contributed by atoms with Crippen molar-refractivity contribution in [1.82, 2.24) is 0 Å². The lowest BCUT2D eigenvalue weighted by Gasteiger charge is -2.14. The summed E-state index contributed by atoms with van der Waals surface area (Å²) < 4.78 is 58.7. The first kappa shape index (κ1) is 56.1. The van der Waals surface area contributed by atoms with Crippen LogP contribution in [-0.4, -0.2) is 126 Å². The molecule has 4 heterocycles. The smallest absolute Gasteiger partial charge is 0.178 e. The molecule has 14 nitrogen and oxygen atoms in total. The number of hydrogen-bond donors (Lipinski definition) is 4. The number of hydrogen-bond acceptors (Lipinski definition) is 14. The summed E-state index contributed by atoms with van der Waals surface area (Å²) in [6.07, 6.45) is -3.08. The Balaban J connectivity index is 1.06. The van der Waals surface area contributed by atoms with Gasteiger partial charge in [0.05, 0.1) is 90.4 Å². The van der Waals surface area contributed by atoms with Gasteiger partial charge in [-0.3, -0.25) is 0 Å². The lowest BCUT2D eigenvalue weighted by atomic mass is 10.1. The SMILES string of the molecule is OC(O)c1ccc(C#Cc2ccc(C#Cc3cc4c(C#Cc5ccc(C#Cc6ccc(C(O)O)cc6)cc5)cc3OCCOCCOCCOCCOc3ccc(cc3)OCCOCCOCCOCCO4)cc2)cc1. The molecule has 4 aliphatic rings. The second-order valence-electron chi connectivity index (χ2n) is 16.5. The monoisotopic (exact) mass is 1030 g/mol. The summed E-state index contributed by atoms with van der Waals surface area (Å²) in [4.78, 5) is 0. The molecule has 4 N–H and O–H groups in total. The number of aliphatic hydroxyl groups excluding tert-OH is 2. The van der Waals surface area contributed by atoms with Crippen LogP contribution in [0.15, 0.2) is 133 Å². The first-order chi connectivity index (χ1) is 37.3. The normalized spacial score (nSPS) is 14.7. The second kappa shape index (κ2) is 31.9. The molecule has 4 aliphatic heterocycles. The highest BCUT2D eigenvalue weighted by atomic mass is 16.6. The van der Waals surface area contributed by atoms with E-state index in [4.69, 9.17) is 47.4 Å². The van der Waals surface area contributed by atoms with Gasteiger partial charge in [-0.25, -0.2) is 0 Å². The number of rotatable bonds is 2. The van der Waals surface area contributed by atoms with Crippen LogP contribution in [0.2, 0.25) is 0 Å². The van der Waals surface area contributed by atoms with E-state index in [1.807, 2.05) is 84.9 Å². The number of ether oxygens (including phenoxy) is 10. The molecule has 10 rings (SSSR count). The highest BCUT2D eigenvalue weighted by molar-refractivity contribution is 5.61. The fraction of sp³-hybridized carbons (Fsp3) is 0.290. The van der Waals surface area contributed by atoms with E-state index in [-0.39, 0.29) is 26.4 Å². The Morgan fingerprint density at radius 3 is 0.750 bits per heavy atom. The molecule has 0 fully saturated rings. The van der Waals surface area contributed by atoms with Crippen molar-refractivity contribution >= 4 is 0 Å². The molecule has 0 spiro atoms. The van der Waals surface area contributed by atoms with Crippen molar-refractivity contribution in [3.8, 4) is 70.4 Å². The largest absolute Gasteiger partial charge is 0.491 e. The molecule has 6 aromatic rings. The third kappa shape index (κ3) is 20.2. The topological polar surface area (TPSA) is 173 Å². The quantitative estimate of drug-likeness (QED) is 0.108. The van der Waals surface area contributed by atoms with Crippen molar-refractivity contribution in [3.05, 3.63) is 189 Å². The summed E-state index contributed by atoms with van der Waals surface area (Å²) in [5, 5.41) is 37.6. The molecule has 0 unspecified atom stereocenters. The molecule has 0 aromatic heterocycles. The van der Waals surface area contributed by atoms with Gasteiger partial charge < -0.3 is 67.8 Å². The number of benzene rings is 6. The van der Waals surface area contributed by atoms with Crippen molar-refractivity contribution in [2.24, 2.45) is 0 Å². The van der Waals surface area contributed by atoms with Gasteiger partial charge in [0.25, 0.3) is 0 Å². The molecule has 6 aromatic carbocycles. The van der Waals surface area contributed by atoms with Crippen LogP contribution in [0.5, 0.6) is 23.0 Å². The van der Waals surface area contributed by atoms with Crippen LogP contribution < -0.4 is 18.9 Å². The van der Waals surface area contributed by atoms with Gasteiger partial charge in [0.1, 0.15) is 49.4 Å². The Bertz CT molecular complexity index is 2740. The van der Waals surface area contributed by atoms with Crippen LogP contribution in [0.4, 0.5) is 0 Å². The molecule has 0 aliphatic carbocycles. The van der Waals surface area contributed by atoms with E-state index in [0.29, 0.717) is 113 Å². The van der Waals surface area contributed by atoms with Crippen molar-refractivity contribution in [2.45, 2.75) is 12.6 Å².